The molecule has 1 fully saturated rings. The molecule has 9 heteroatoms. The molecule has 1 aliphatic rings. The highest BCUT2D eigenvalue weighted by atomic mass is 35.5. The van der Waals surface area contributed by atoms with E-state index >= 15 is 0 Å². The van der Waals surface area contributed by atoms with E-state index in [2.05, 4.69) is 4.99 Å². The van der Waals surface area contributed by atoms with Gasteiger partial charge in [0.15, 0.2) is 0 Å². The van der Waals surface area contributed by atoms with Crippen LogP contribution in [0.1, 0.15) is 49.4 Å². The molecule has 3 aromatic heterocycles. The fourth-order valence-electron chi connectivity index (χ4n) is 4.87. The summed E-state index contributed by atoms with van der Waals surface area (Å²) < 4.78 is 23.1. The molecule has 2 aromatic carbocycles. The van der Waals surface area contributed by atoms with Crippen molar-refractivity contribution in [2.75, 3.05) is 13.1 Å². The number of carbonyl (C=O) groups is 2. The van der Waals surface area contributed by atoms with E-state index in [1.54, 1.807) is 30.3 Å². The van der Waals surface area contributed by atoms with Gasteiger partial charge in [-0.05, 0) is 49.9 Å². The molecular weight excluding hydrogens is 471 g/mol. The number of nitrogens with zero attached hydrogens (tertiary/aromatic N) is 3. The molecule has 1 N–H and O–H groups in total. The molecule has 182 valence electrons. The van der Waals surface area contributed by atoms with Crippen molar-refractivity contribution in [3.05, 3.63) is 70.5 Å². The number of rotatable bonds is 5. The van der Waals surface area contributed by atoms with E-state index in [4.69, 9.17) is 16.1 Å². The molecule has 6 rings (SSSR count). The number of imide groups is 1. The topological polar surface area (TPSA) is 73.8 Å². The fraction of sp³-hybridized carbons (Fsp3) is 0.346. The minimum Gasteiger partial charge on any atom is -0.293 e. The molecule has 7 nitrogen and oxygen atoms in total. The average molecular weight is 498 g/mol. The van der Waals surface area contributed by atoms with Crippen molar-refractivity contribution in [1.29, 1.82) is 0 Å². The minimum absolute atomic E-state index is 0.148. The average Bonchev–Trinajstić information content (AvgIpc) is 3.42. The monoisotopic (exact) mass is 497 g/mol. The van der Waals surface area contributed by atoms with E-state index in [1.807, 2.05) is 13.0 Å². The highest BCUT2D eigenvalue weighted by Crippen LogP contribution is 2.36. The molecule has 1 aliphatic carbocycles. The number of aromatic nitrogens is 2. The van der Waals surface area contributed by atoms with Crippen LogP contribution in [0.3, 0.4) is 0 Å². The lowest BCUT2D eigenvalue weighted by Gasteiger charge is -2.29. The van der Waals surface area contributed by atoms with Crippen molar-refractivity contribution in [3.63, 3.8) is 0 Å². The van der Waals surface area contributed by atoms with Crippen LogP contribution in [-0.2, 0) is 0 Å². The fourth-order valence-corrected chi connectivity index (χ4v) is 5.12. The number of hydrogen-bond acceptors (Lipinski definition) is 3. The molecule has 0 saturated heterocycles. The predicted octanol–water partition coefficient (Wildman–Crippen LogP) is 3.92. The molecule has 2 amide bonds. The molecular formula is C26H27ClFN4O3+. The van der Waals surface area contributed by atoms with Crippen LogP contribution in [0, 0.1) is 11.7 Å². The van der Waals surface area contributed by atoms with Gasteiger partial charge in [0.2, 0.25) is 5.52 Å². The van der Waals surface area contributed by atoms with Crippen molar-refractivity contribution in [3.8, 4) is 11.3 Å². The summed E-state index contributed by atoms with van der Waals surface area (Å²) in [7, 11) is 0. The largest absolute Gasteiger partial charge is 0.416 e. The van der Waals surface area contributed by atoms with Crippen molar-refractivity contribution < 1.29 is 23.5 Å². The van der Waals surface area contributed by atoms with Crippen LogP contribution in [-0.4, -0.2) is 39.3 Å². The number of halogens is 2. The van der Waals surface area contributed by atoms with Gasteiger partial charge in [0, 0.05) is 12.1 Å². The SMILES string of the molecule is CC[NH+]=c1on2c(-c3c(F)cccc3Cl)c1n2C(=O)N(CC1CCCCC1)C(=O)c1ccccc1. The summed E-state index contributed by atoms with van der Waals surface area (Å²) >= 11 is 6.32. The summed E-state index contributed by atoms with van der Waals surface area (Å²) in [6.07, 6.45) is 5.29. The van der Waals surface area contributed by atoms with Gasteiger partial charge in [0.1, 0.15) is 18.1 Å². The Morgan fingerprint density at radius 3 is 2.54 bits per heavy atom. The minimum atomic E-state index is -0.538. The second-order valence-corrected chi connectivity index (χ2v) is 9.30. The van der Waals surface area contributed by atoms with Crippen molar-refractivity contribution >= 4 is 29.1 Å². The summed E-state index contributed by atoms with van der Waals surface area (Å²) in [6.45, 7) is 2.73. The molecule has 2 bridgehead atoms. The van der Waals surface area contributed by atoms with Gasteiger partial charge in [-0.15, -0.1) is 0 Å². The maximum Gasteiger partial charge on any atom is 0.416 e. The number of amides is 2. The lowest BCUT2D eigenvalue weighted by Crippen LogP contribution is -2.75. The van der Waals surface area contributed by atoms with Crippen LogP contribution >= 0.6 is 11.6 Å². The van der Waals surface area contributed by atoms with Gasteiger partial charge in [0.05, 0.1) is 10.6 Å². The summed E-state index contributed by atoms with van der Waals surface area (Å²) in [4.78, 5) is 31.7. The van der Waals surface area contributed by atoms with Gasteiger partial charge in [-0.3, -0.25) is 14.2 Å². The van der Waals surface area contributed by atoms with Crippen molar-refractivity contribution in [2.24, 2.45) is 5.92 Å². The second kappa shape index (κ2) is 9.70. The summed E-state index contributed by atoms with van der Waals surface area (Å²) in [5.74, 6) is -0.658. The zero-order chi connectivity index (χ0) is 24.5. The van der Waals surface area contributed by atoms with E-state index in [9.17, 15) is 14.0 Å². The van der Waals surface area contributed by atoms with E-state index in [0.717, 1.165) is 25.7 Å². The summed E-state index contributed by atoms with van der Waals surface area (Å²) in [6, 6.07) is 12.6. The van der Waals surface area contributed by atoms with Crippen molar-refractivity contribution in [1.82, 2.24) is 14.3 Å². The Bertz CT molecular complexity index is 1400. The number of hydrogen-bond donors (Lipinski definition) is 1. The maximum atomic E-state index is 14.8. The van der Waals surface area contributed by atoms with Gasteiger partial charge in [-0.2, -0.15) is 4.68 Å². The Morgan fingerprint density at radius 2 is 1.86 bits per heavy atom. The number of nitrogens with one attached hydrogen (secondary N) is 1. The van der Waals surface area contributed by atoms with Crippen molar-refractivity contribution in [2.45, 2.75) is 39.0 Å². The third-order valence-corrected chi connectivity index (χ3v) is 6.90. The summed E-state index contributed by atoms with van der Waals surface area (Å²) in [5, 5.41) is 0.204. The van der Waals surface area contributed by atoms with Gasteiger partial charge in [0.25, 0.3) is 5.91 Å². The zero-order valence-corrected chi connectivity index (χ0v) is 20.2. The van der Waals surface area contributed by atoms with E-state index in [1.165, 1.54) is 32.8 Å². The van der Waals surface area contributed by atoms with Crippen LogP contribution in [0.4, 0.5) is 9.18 Å². The Kier molecular flexibility index (Phi) is 6.47. The van der Waals surface area contributed by atoms with Gasteiger partial charge < -0.3 is 0 Å². The third kappa shape index (κ3) is 4.16. The van der Waals surface area contributed by atoms with Crippen LogP contribution in [0.25, 0.3) is 16.8 Å². The number of fused-ring (bicyclic) bond motifs is 1. The Balaban J connectivity index is 1.59. The third-order valence-electron chi connectivity index (χ3n) is 6.58. The first-order chi connectivity index (χ1) is 17.0. The van der Waals surface area contributed by atoms with Gasteiger partial charge >= 0.3 is 11.6 Å². The highest BCUT2D eigenvalue weighted by Gasteiger charge is 2.38. The standard InChI is InChI=1S/C26H26ClFN4O3/c1-2-29-24-23-22(21-19(27)14-9-15-20(21)28)32(35-24)31(23)26(34)30(16-17-10-5-3-6-11-17)25(33)18-12-7-4-8-13-18/h4,7-9,12-15,17H,2-3,5-6,10-11,16H2,1H3/p+1. The van der Waals surface area contributed by atoms with Gasteiger partial charge in [-0.25, -0.2) is 14.2 Å². The number of carbonyl (C=O) groups excluding carboxylic acids is 2. The predicted molar refractivity (Wildman–Crippen MR) is 129 cm³/mol. The van der Waals surface area contributed by atoms with Gasteiger partial charge in [-0.1, -0.05) is 59.8 Å². The van der Waals surface area contributed by atoms with E-state index < -0.39 is 11.8 Å². The molecule has 0 atom stereocenters. The normalized spacial score (nSPS) is 15.2. The first kappa shape index (κ1) is 23.4. The Morgan fingerprint density at radius 1 is 1.11 bits per heavy atom. The smallest absolute Gasteiger partial charge is 0.293 e. The first-order valence-electron chi connectivity index (χ1n) is 12.0. The van der Waals surface area contributed by atoms with Crippen LogP contribution in [0.5, 0.6) is 0 Å². The quantitative estimate of drug-likeness (QED) is 0.454. The van der Waals surface area contributed by atoms with Crippen LogP contribution < -0.4 is 10.5 Å². The lowest BCUT2D eigenvalue weighted by atomic mass is 9.89. The molecule has 5 aromatic rings. The molecule has 0 radical (unpaired) electrons. The molecule has 0 aliphatic heterocycles. The zero-order valence-electron chi connectivity index (χ0n) is 19.5. The molecule has 3 heterocycles. The van der Waals surface area contributed by atoms with E-state index in [-0.39, 0.29) is 22.4 Å². The summed E-state index contributed by atoms with van der Waals surface area (Å²) in [5.41, 5.74) is 1.61. The molecule has 1 saturated carbocycles. The molecule has 0 unspecified atom stereocenters. The Labute approximate surface area is 206 Å². The first-order valence-corrected chi connectivity index (χ1v) is 12.4. The Hall–Kier alpha value is -3.39. The maximum absolute atomic E-state index is 14.8. The molecule has 35 heavy (non-hydrogen) atoms. The van der Waals surface area contributed by atoms with Crippen LogP contribution in [0.2, 0.25) is 5.02 Å². The van der Waals surface area contributed by atoms with Crippen LogP contribution in [0.15, 0.2) is 53.1 Å². The lowest BCUT2D eigenvalue weighted by molar-refractivity contribution is -0.507. The van der Waals surface area contributed by atoms with E-state index in [0.29, 0.717) is 35.4 Å². The second-order valence-electron chi connectivity index (χ2n) is 8.90. The number of benzene rings is 2. The highest BCUT2D eigenvalue weighted by molar-refractivity contribution is 6.33. The molecule has 0 spiro atoms.